The lowest BCUT2D eigenvalue weighted by atomic mass is 9.75. The number of benzene rings is 1. The average molecular weight is 273 g/mol. The van der Waals surface area contributed by atoms with Gasteiger partial charge in [-0.25, -0.2) is 0 Å². The van der Waals surface area contributed by atoms with Gasteiger partial charge in [-0.05, 0) is 51.3 Å². The monoisotopic (exact) mass is 273 g/mol. The molecule has 0 unspecified atom stereocenters. The van der Waals surface area contributed by atoms with E-state index in [2.05, 4.69) is 17.4 Å². The molecule has 4 rings (SSSR count). The summed E-state index contributed by atoms with van der Waals surface area (Å²) < 4.78 is 18.2. The number of rotatable bonds is 2. The van der Waals surface area contributed by atoms with E-state index in [1.54, 1.807) is 0 Å². The summed E-state index contributed by atoms with van der Waals surface area (Å²) >= 11 is 0. The van der Waals surface area contributed by atoms with Gasteiger partial charge in [0.1, 0.15) is 18.6 Å². The predicted molar refractivity (Wildman–Crippen MR) is 77.3 cm³/mol. The largest absolute Gasteiger partial charge is 0.500 e. The van der Waals surface area contributed by atoms with Gasteiger partial charge in [-0.1, -0.05) is 6.07 Å². The number of ether oxygens (including phenoxy) is 1. The quantitative estimate of drug-likeness (QED) is 0.832. The van der Waals surface area contributed by atoms with E-state index < -0.39 is 0 Å². The van der Waals surface area contributed by atoms with E-state index in [1.165, 1.54) is 24.0 Å². The Morgan fingerprint density at radius 2 is 2.10 bits per heavy atom. The minimum absolute atomic E-state index is 0.0944. The number of hydrogen-bond donors (Lipinski definition) is 1. The van der Waals surface area contributed by atoms with Crippen LogP contribution in [0.1, 0.15) is 50.0 Å². The first-order valence-corrected chi connectivity index (χ1v) is 7.39. The lowest BCUT2D eigenvalue weighted by Gasteiger charge is -2.25. The van der Waals surface area contributed by atoms with Gasteiger partial charge in [0.2, 0.25) is 0 Å². The smallest absolute Gasteiger partial charge is 0.491 e. The van der Waals surface area contributed by atoms with E-state index >= 15 is 0 Å². The van der Waals surface area contributed by atoms with E-state index in [1.807, 2.05) is 20.9 Å². The summed E-state index contributed by atoms with van der Waals surface area (Å²) in [6.07, 6.45) is 2.46. The first-order valence-electron chi connectivity index (χ1n) is 7.39. The Kier molecular flexibility index (Phi) is 2.68. The van der Waals surface area contributed by atoms with E-state index in [9.17, 15) is 0 Å². The Balaban J connectivity index is 1.86. The highest BCUT2D eigenvalue weighted by Gasteiger charge is 2.47. The van der Waals surface area contributed by atoms with Crippen LogP contribution in [0.25, 0.3) is 0 Å². The van der Waals surface area contributed by atoms with Crippen molar-refractivity contribution in [2.24, 2.45) is 0 Å². The number of nitrogens with one attached hydrogen (secondary N) is 1. The first-order chi connectivity index (χ1) is 9.59. The summed E-state index contributed by atoms with van der Waals surface area (Å²) in [7, 11) is 1.60. The molecule has 1 aromatic rings. The molecule has 2 heterocycles. The van der Waals surface area contributed by atoms with E-state index in [0.29, 0.717) is 12.5 Å². The fourth-order valence-electron chi connectivity index (χ4n) is 3.18. The maximum Gasteiger partial charge on any atom is 0.500 e. The van der Waals surface area contributed by atoms with Gasteiger partial charge in [-0.15, -0.1) is 0 Å². The van der Waals surface area contributed by atoms with Crippen LogP contribution < -0.4 is 15.5 Å². The molecule has 2 aliphatic heterocycles. The highest BCUT2D eigenvalue weighted by Crippen LogP contribution is 2.45. The molecule has 0 spiro atoms. The van der Waals surface area contributed by atoms with E-state index in [0.717, 1.165) is 11.2 Å². The molecule has 106 valence electrons. The van der Waals surface area contributed by atoms with Gasteiger partial charge < -0.3 is 14.0 Å². The van der Waals surface area contributed by atoms with Crippen LogP contribution in [-0.2, 0) is 9.31 Å². The summed E-state index contributed by atoms with van der Waals surface area (Å²) in [6.45, 7) is 4.62. The molecule has 4 nitrogen and oxygen atoms in total. The summed E-state index contributed by atoms with van der Waals surface area (Å²) in [5.41, 5.74) is 3.40. The molecule has 0 radical (unpaired) electrons. The van der Waals surface area contributed by atoms with Gasteiger partial charge in [0, 0.05) is 11.0 Å². The van der Waals surface area contributed by atoms with Crippen molar-refractivity contribution < 1.29 is 14.0 Å². The third kappa shape index (κ3) is 1.88. The molecule has 20 heavy (non-hydrogen) atoms. The molecule has 1 N–H and O–H groups in total. The van der Waals surface area contributed by atoms with E-state index in [4.69, 9.17) is 14.0 Å². The SMILES string of the molecule is CN[C@H]1OB2OC(C)(C)COc3ccc(C4CC4)c1c32. The molecule has 0 aromatic heterocycles. The second kappa shape index (κ2) is 4.23. The first kappa shape index (κ1) is 12.7. The molecule has 1 aliphatic carbocycles. The van der Waals surface area contributed by atoms with Gasteiger partial charge in [-0.3, -0.25) is 5.32 Å². The zero-order valence-corrected chi connectivity index (χ0v) is 12.2. The topological polar surface area (TPSA) is 39.7 Å². The Bertz CT molecular complexity index is 556. The molecule has 1 fully saturated rings. The molecule has 3 aliphatic rings. The minimum atomic E-state index is -0.344. The lowest BCUT2D eigenvalue weighted by molar-refractivity contribution is 0.0239. The van der Waals surface area contributed by atoms with Crippen LogP contribution in [0.3, 0.4) is 0 Å². The fourth-order valence-corrected chi connectivity index (χ4v) is 3.18. The van der Waals surface area contributed by atoms with Crippen molar-refractivity contribution in [3.63, 3.8) is 0 Å². The van der Waals surface area contributed by atoms with Gasteiger partial charge in [-0.2, -0.15) is 0 Å². The third-order valence-electron chi connectivity index (χ3n) is 4.32. The van der Waals surface area contributed by atoms with Gasteiger partial charge in [0.25, 0.3) is 0 Å². The van der Waals surface area contributed by atoms with Crippen LogP contribution in [0.5, 0.6) is 5.75 Å². The highest BCUT2D eigenvalue weighted by atomic mass is 16.6. The van der Waals surface area contributed by atoms with Crippen molar-refractivity contribution >= 4 is 12.6 Å². The maximum absolute atomic E-state index is 6.13. The van der Waals surface area contributed by atoms with E-state index in [-0.39, 0.29) is 18.9 Å². The molecule has 0 bridgehead atoms. The van der Waals surface area contributed by atoms with Crippen LogP contribution in [0.4, 0.5) is 0 Å². The Hall–Kier alpha value is -1.04. The fraction of sp³-hybridized carbons (Fsp3) is 0.600. The van der Waals surface area contributed by atoms with Crippen molar-refractivity contribution in [1.29, 1.82) is 0 Å². The van der Waals surface area contributed by atoms with Crippen molar-refractivity contribution in [2.75, 3.05) is 13.7 Å². The normalized spacial score (nSPS) is 26.9. The molecule has 1 aromatic carbocycles. The minimum Gasteiger partial charge on any atom is -0.491 e. The maximum atomic E-state index is 6.13. The summed E-state index contributed by atoms with van der Waals surface area (Å²) in [4.78, 5) is 0. The molecular formula is C15H20BNO3. The molecule has 0 saturated heterocycles. The van der Waals surface area contributed by atoms with Gasteiger partial charge in [0.15, 0.2) is 0 Å². The molecular weight excluding hydrogens is 253 g/mol. The van der Waals surface area contributed by atoms with Gasteiger partial charge >= 0.3 is 7.12 Å². The second-order valence-corrected chi connectivity index (χ2v) is 6.56. The second-order valence-electron chi connectivity index (χ2n) is 6.56. The third-order valence-corrected chi connectivity index (χ3v) is 4.32. The zero-order chi connectivity index (χ0) is 13.9. The lowest BCUT2D eigenvalue weighted by Crippen LogP contribution is -2.40. The summed E-state index contributed by atoms with van der Waals surface area (Å²) in [6, 6.07) is 4.30. The van der Waals surface area contributed by atoms with Gasteiger partial charge in [0.05, 0.1) is 5.60 Å². The zero-order valence-electron chi connectivity index (χ0n) is 12.2. The molecule has 1 atom stereocenters. The molecule has 0 amide bonds. The standard InChI is InChI=1S/C15H20BNO3/c1-15(2)8-18-11-7-6-10(9-4-5-9)12-13(11)16(20-15)19-14(12)17-3/h6-7,9,14,17H,4-5,8H2,1-3H3/t14-/m0/s1. The summed E-state index contributed by atoms with van der Waals surface area (Å²) in [5, 5.41) is 3.25. The predicted octanol–water partition coefficient (Wildman–Crippen LogP) is 1.69. The van der Waals surface area contributed by atoms with Crippen molar-refractivity contribution in [3.8, 4) is 5.75 Å². The van der Waals surface area contributed by atoms with Crippen LogP contribution in [0.2, 0.25) is 0 Å². The Labute approximate surface area is 119 Å². The van der Waals surface area contributed by atoms with Crippen molar-refractivity contribution in [1.82, 2.24) is 5.32 Å². The highest BCUT2D eigenvalue weighted by molar-refractivity contribution is 6.64. The molecule has 1 saturated carbocycles. The average Bonchev–Trinajstić information content (AvgIpc) is 3.20. The van der Waals surface area contributed by atoms with Crippen LogP contribution in [0.15, 0.2) is 12.1 Å². The number of hydrogen-bond acceptors (Lipinski definition) is 4. The van der Waals surface area contributed by atoms with Crippen LogP contribution >= 0.6 is 0 Å². The van der Waals surface area contributed by atoms with Crippen LogP contribution in [-0.4, -0.2) is 26.4 Å². The van der Waals surface area contributed by atoms with Crippen molar-refractivity contribution in [2.45, 2.75) is 44.4 Å². The summed E-state index contributed by atoms with van der Waals surface area (Å²) in [5.74, 6) is 1.60. The Morgan fingerprint density at radius 1 is 1.30 bits per heavy atom. The van der Waals surface area contributed by atoms with Crippen LogP contribution in [0, 0.1) is 0 Å². The Morgan fingerprint density at radius 3 is 2.80 bits per heavy atom. The van der Waals surface area contributed by atoms with Crippen molar-refractivity contribution in [3.05, 3.63) is 23.3 Å². The molecule has 5 heteroatoms.